The van der Waals surface area contributed by atoms with Crippen molar-refractivity contribution in [1.82, 2.24) is 9.55 Å². The van der Waals surface area contributed by atoms with E-state index in [0.717, 1.165) is 39.2 Å². The number of thiazole rings is 1. The summed E-state index contributed by atoms with van der Waals surface area (Å²) >= 11 is 7.52. The summed E-state index contributed by atoms with van der Waals surface area (Å²) in [4.78, 5) is 18.3. The van der Waals surface area contributed by atoms with Gasteiger partial charge in [0.15, 0.2) is 27.5 Å². The highest BCUT2D eigenvalue weighted by molar-refractivity contribution is 7.13. The summed E-state index contributed by atoms with van der Waals surface area (Å²) in [5.41, 5.74) is 4.66. The van der Waals surface area contributed by atoms with Gasteiger partial charge < -0.3 is 23.5 Å². The van der Waals surface area contributed by atoms with Gasteiger partial charge in [-0.2, -0.15) is 0 Å². The number of hydrogen-bond donors (Lipinski definition) is 0. The molecule has 0 fully saturated rings. The van der Waals surface area contributed by atoms with E-state index in [4.69, 9.17) is 30.5 Å². The van der Waals surface area contributed by atoms with Crippen LogP contribution >= 0.6 is 22.9 Å². The lowest BCUT2D eigenvalue weighted by Crippen LogP contribution is -2.28. The maximum Gasteiger partial charge on any atom is 0.262 e. The van der Waals surface area contributed by atoms with Crippen LogP contribution in [-0.2, 0) is 19.4 Å². The van der Waals surface area contributed by atoms with E-state index in [9.17, 15) is 4.79 Å². The largest absolute Gasteiger partial charge is 0.493 e. The average molecular weight is 483 g/mol. The number of nitrogens with zero attached hydrogens (tertiary/aromatic N) is 2. The van der Waals surface area contributed by atoms with Crippen LogP contribution < -0.4 is 24.5 Å². The van der Waals surface area contributed by atoms with Crippen molar-refractivity contribution >= 4 is 33.7 Å². The van der Waals surface area contributed by atoms with Gasteiger partial charge >= 0.3 is 0 Å². The third kappa shape index (κ3) is 3.08. The van der Waals surface area contributed by atoms with Crippen LogP contribution in [0.15, 0.2) is 34.4 Å². The number of ether oxygens (including phenoxy) is 4. The molecule has 0 spiro atoms. The zero-order valence-corrected chi connectivity index (χ0v) is 19.5. The third-order valence-corrected chi connectivity index (χ3v) is 7.25. The minimum atomic E-state index is -0.112. The zero-order valence-electron chi connectivity index (χ0n) is 17.9. The Balaban J connectivity index is 1.71. The Kier molecular flexibility index (Phi) is 4.74. The first kappa shape index (κ1) is 20.4. The van der Waals surface area contributed by atoms with Crippen LogP contribution in [-0.4, -0.2) is 30.6 Å². The number of pyridine rings is 1. The van der Waals surface area contributed by atoms with E-state index < -0.39 is 0 Å². The Morgan fingerprint density at radius 2 is 2.00 bits per heavy atom. The average Bonchev–Trinajstić information content (AvgIpc) is 3.46. The molecule has 168 valence electrons. The van der Waals surface area contributed by atoms with E-state index in [2.05, 4.69) is 4.98 Å². The van der Waals surface area contributed by atoms with E-state index in [1.54, 1.807) is 14.2 Å². The first-order valence-electron chi connectivity index (χ1n) is 10.4. The summed E-state index contributed by atoms with van der Waals surface area (Å²) in [5, 5.41) is 3.25. The van der Waals surface area contributed by atoms with Gasteiger partial charge in [0.1, 0.15) is 0 Å². The summed E-state index contributed by atoms with van der Waals surface area (Å²) in [5.74, 6) is 2.38. The molecule has 9 heteroatoms. The van der Waals surface area contributed by atoms with Crippen molar-refractivity contribution in [2.75, 3.05) is 21.0 Å². The van der Waals surface area contributed by atoms with Gasteiger partial charge in [-0.15, -0.1) is 11.3 Å². The fourth-order valence-electron chi connectivity index (χ4n) is 4.81. The van der Waals surface area contributed by atoms with Crippen molar-refractivity contribution in [3.05, 3.63) is 61.3 Å². The predicted octanol–water partition coefficient (Wildman–Crippen LogP) is 4.67. The topological polar surface area (TPSA) is 71.8 Å². The van der Waals surface area contributed by atoms with E-state index in [0.29, 0.717) is 46.5 Å². The molecule has 7 nitrogen and oxygen atoms in total. The molecule has 0 radical (unpaired) electrons. The van der Waals surface area contributed by atoms with E-state index in [1.165, 1.54) is 11.3 Å². The summed E-state index contributed by atoms with van der Waals surface area (Å²) < 4.78 is 24.7. The minimum absolute atomic E-state index is 0.112. The third-order valence-electron chi connectivity index (χ3n) is 6.23. The van der Waals surface area contributed by atoms with Crippen LogP contribution in [0.25, 0.3) is 22.0 Å². The zero-order chi connectivity index (χ0) is 22.7. The first-order chi connectivity index (χ1) is 16.1. The number of rotatable bonds is 4. The normalized spacial score (nSPS) is 13.7. The van der Waals surface area contributed by atoms with Crippen molar-refractivity contribution in [3.8, 4) is 34.3 Å². The summed E-state index contributed by atoms with van der Waals surface area (Å²) in [6.45, 7) is 0.742. The molecule has 4 heterocycles. The Hall–Kier alpha value is -3.23. The quantitative estimate of drug-likeness (QED) is 0.421. The number of fused-ring (bicyclic) bond motifs is 5. The fourth-order valence-corrected chi connectivity index (χ4v) is 5.59. The lowest BCUT2D eigenvalue weighted by atomic mass is 9.89. The highest BCUT2D eigenvalue weighted by Crippen LogP contribution is 2.44. The molecular formula is C24H19ClN2O5S. The van der Waals surface area contributed by atoms with Gasteiger partial charge in [0.05, 0.1) is 31.0 Å². The molecule has 4 aromatic rings. The van der Waals surface area contributed by atoms with Gasteiger partial charge in [-0.25, -0.2) is 4.98 Å². The molecule has 0 bridgehead atoms. The fraction of sp³-hybridized carbons (Fsp3) is 0.250. The van der Waals surface area contributed by atoms with Crippen LogP contribution in [0.1, 0.15) is 16.8 Å². The van der Waals surface area contributed by atoms with Crippen LogP contribution in [0.4, 0.5) is 0 Å². The molecule has 0 amide bonds. The highest BCUT2D eigenvalue weighted by atomic mass is 35.5. The molecule has 2 aliphatic rings. The first-order valence-corrected chi connectivity index (χ1v) is 11.7. The van der Waals surface area contributed by atoms with Gasteiger partial charge in [0, 0.05) is 23.9 Å². The molecule has 0 N–H and O–H groups in total. The van der Waals surface area contributed by atoms with Crippen LogP contribution in [0.2, 0.25) is 4.47 Å². The Labute approximate surface area is 198 Å². The summed E-state index contributed by atoms with van der Waals surface area (Å²) in [6.07, 6.45) is 1.22. The summed E-state index contributed by atoms with van der Waals surface area (Å²) in [7, 11) is 3.12. The number of methoxy groups -OCH3 is 2. The van der Waals surface area contributed by atoms with E-state index in [-0.39, 0.29) is 12.4 Å². The van der Waals surface area contributed by atoms with Crippen molar-refractivity contribution < 1.29 is 18.9 Å². The van der Waals surface area contributed by atoms with Crippen molar-refractivity contribution in [1.29, 1.82) is 0 Å². The van der Waals surface area contributed by atoms with Crippen molar-refractivity contribution in [2.45, 2.75) is 19.4 Å². The maximum absolute atomic E-state index is 13.8. The number of halogens is 1. The molecule has 0 atom stereocenters. The molecule has 0 unspecified atom stereocenters. The molecule has 33 heavy (non-hydrogen) atoms. The second-order valence-corrected chi connectivity index (χ2v) is 9.33. The van der Waals surface area contributed by atoms with Gasteiger partial charge in [-0.3, -0.25) is 4.79 Å². The number of aryl methyl sites for hydroxylation is 1. The molecular weight excluding hydrogens is 464 g/mol. The van der Waals surface area contributed by atoms with Gasteiger partial charge in [-0.1, -0.05) is 11.6 Å². The number of hydrogen-bond acceptors (Lipinski definition) is 7. The van der Waals surface area contributed by atoms with E-state index in [1.807, 2.05) is 34.2 Å². The number of benzene rings is 2. The molecule has 6 rings (SSSR count). The van der Waals surface area contributed by atoms with E-state index >= 15 is 0 Å². The lowest BCUT2D eigenvalue weighted by Gasteiger charge is -2.27. The second-order valence-electron chi connectivity index (χ2n) is 7.89. The summed E-state index contributed by atoms with van der Waals surface area (Å²) in [6, 6.07) is 7.75. The molecule has 0 saturated heterocycles. The maximum atomic E-state index is 13.8. The monoisotopic (exact) mass is 482 g/mol. The SMILES string of the molecule is COc1ccc2c(Cc3csc(Cl)n3)c3n(c(=O)c2c1OC)CCc1cc2c(cc1-3)OCO2. The smallest absolute Gasteiger partial charge is 0.262 e. The van der Waals surface area contributed by atoms with Gasteiger partial charge in [-0.05, 0) is 47.2 Å². The molecule has 2 aromatic carbocycles. The van der Waals surface area contributed by atoms with Crippen LogP contribution in [0.5, 0.6) is 23.0 Å². The Morgan fingerprint density at radius 1 is 1.18 bits per heavy atom. The Morgan fingerprint density at radius 3 is 2.73 bits per heavy atom. The van der Waals surface area contributed by atoms with Gasteiger partial charge in [0.2, 0.25) is 6.79 Å². The van der Waals surface area contributed by atoms with Gasteiger partial charge in [0.25, 0.3) is 5.56 Å². The second kappa shape index (κ2) is 7.67. The highest BCUT2D eigenvalue weighted by Gasteiger charge is 2.29. The lowest BCUT2D eigenvalue weighted by molar-refractivity contribution is 0.174. The molecule has 0 aliphatic carbocycles. The van der Waals surface area contributed by atoms with Crippen molar-refractivity contribution in [3.63, 3.8) is 0 Å². The van der Waals surface area contributed by atoms with Crippen molar-refractivity contribution in [2.24, 2.45) is 0 Å². The standard InChI is InChI=1S/C24H19ClN2O5S/c1-29-17-4-3-14-16(8-13-10-33-24(25)26-13)21-15-9-19-18(31-11-32-19)7-12(15)5-6-27(21)23(28)20(14)22(17)30-2/h3-4,7,9-10H,5-6,8,11H2,1-2H3. The minimum Gasteiger partial charge on any atom is -0.493 e. The van der Waals surface area contributed by atoms with Crippen LogP contribution in [0, 0.1) is 0 Å². The number of aromatic nitrogens is 2. The predicted molar refractivity (Wildman–Crippen MR) is 127 cm³/mol. The molecule has 0 saturated carbocycles. The van der Waals surface area contributed by atoms with Crippen LogP contribution in [0.3, 0.4) is 0 Å². The molecule has 2 aromatic heterocycles. The molecule has 2 aliphatic heterocycles. The Bertz CT molecular complexity index is 1490.